The summed E-state index contributed by atoms with van der Waals surface area (Å²) in [4.78, 5) is 0. The molecule has 26 heavy (non-hydrogen) atoms. The number of allylic oxidation sites excluding steroid dienone is 8. The summed E-state index contributed by atoms with van der Waals surface area (Å²) < 4.78 is 0. The summed E-state index contributed by atoms with van der Waals surface area (Å²) in [6, 6.07) is 0. The summed E-state index contributed by atoms with van der Waals surface area (Å²) >= 11 is 1.58. The van der Waals surface area contributed by atoms with Gasteiger partial charge in [-0.05, 0) is 0 Å². The second kappa shape index (κ2) is 25.6. The molecule has 0 fully saturated rings. The van der Waals surface area contributed by atoms with Gasteiger partial charge in [0.25, 0.3) is 0 Å². The summed E-state index contributed by atoms with van der Waals surface area (Å²) in [5.74, 6) is 0. The predicted octanol–water partition coefficient (Wildman–Crippen LogP) is 7.34. The Hall–Kier alpha value is 0.640. The SMILES string of the molecule is CCCC1=[C-]CC(CC)=C1.CCCC1=[C-]CC(CC)=C1.Cl.Cl.[CH3-].[CH3-].[SiH2]=[Zr]. The van der Waals surface area contributed by atoms with Crippen LogP contribution in [0, 0.1) is 27.0 Å². The van der Waals surface area contributed by atoms with Gasteiger partial charge in [-0.2, -0.15) is 11.1 Å². The van der Waals surface area contributed by atoms with Crippen molar-refractivity contribution in [2.75, 3.05) is 0 Å². The van der Waals surface area contributed by atoms with E-state index < -0.39 is 0 Å². The topological polar surface area (TPSA) is 0 Å². The third kappa shape index (κ3) is 16.8. The summed E-state index contributed by atoms with van der Waals surface area (Å²) in [5, 5.41) is 0. The van der Waals surface area contributed by atoms with Crippen LogP contribution in [0.5, 0.6) is 0 Å². The molecule has 0 unspecified atom stereocenters. The first-order chi connectivity index (χ1) is 10.7. The molecular formula is C22H40Cl2SiZr-4. The second-order valence-corrected chi connectivity index (χ2v) is 5.57. The molecule has 0 atom stereocenters. The molecule has 0 N–H and O–H groups in total. The Labute approximate surface area is 194 Å². The van der Waals surface area contributed by atoms with Crippen molar-refractivity contribution in [3.63, 3.8) is 0 Å². The molecule has 0 radical (unpaired) electrons. The van der Waals surface area contributed by atoms with Gasteiger partial charge in [0.15, 0.2) is 0 Å². The van der Waals surface area contributed by atoms with Crippen LogP contribution < -0.4 is 0 Å². The fraction of sp³-hybridized carbons (Fsp3) is 0.545. The van der Waals surface area contributed by atoms with Gasteiger partial charge < -0.3 is 14.9 Å². The average molecular weight is 495 g/mol. The molecular weight excluding hydrogens is 454 g/mol. The summed E-state index contributed by atoms with van der Waals surface area (Å²) in [6.07, 6.45) is 20.9. The van der Waals surface area contributed by atoms with Crippen molar-refractivity contribution in [2.24, 2.45) is 0 Å². The Balaban J connectivity index is -0.0000000904. The van der Waals surface area contributed by atoms with Crippen molar-refractivity contribution >= 4 is 31.7 Å². The molecule has 0 bridgehead atoms. The normalized spacial score (nSPS) is 13.2. The van der Waals surface area contributed by atoms with Gasteiger partial charge in [0.1, 0.15) is 0 Å². The fourth-order valence-corrected chi connectivity index (χ4v) is 2.46. The van der Waals surface area contributed by atoms with Gasteiger partial charge in [0.2, 0.25) is 0 Å². The average Bonchev–Trinajstić information content (AvgIpc) is 3.20. The maximum absolute atomic E-state index is 3.38. The van der Waals surface area contributed by atoms with Gasteiger partial charge in [0.05, 0.1) is 0 Å². The van der Waals surface area contributed by atoms with E-state index in [4.69, 9.17) is 0 Å². The minimum absolute atomic E-state index is 0. The predicted molar refractivity (Wildman–Crippen MR) is 125 cm³/mol. The third-order valence-corrected chi connectivity index (χ3v) is 3.79. The summed E-state index contributed by atoms with van der Waals surface area (Å²) in [5.41, 5.74) is 5.95. The Morgan fingerprint density at radius 1 is 0.769 bits per heavy atom. The minimum atomic E-state index is 0. The van der Waals surface area contributed by atoms with E-state index in [1.54, 1.807) is 34.5 Å². The van der Waals surface area contributed by atoms with E-state index in [-0.39, 0.29) is 39.7 Å². The number of hydrogen-bond donors (Lipinski definition) is 0. The van der Waals surface area contributed by atoms with Crippen molar-refractivity contribution in [3.8, 4) is 0 Å². The van der Waals surface area contributed by atoms with Crippen molar-refractivity contribution in [2.45, 2.75) is 79.1 Å². The summed E-state index contributed by atoms with van der Waals surface area (Å²) in [7, 11) is 0. The number of rotatable bonds is 6. The van der Waals surface area contributed by atoms with Gasteiger partial charge in [-0.25, -0.2) is 23.3 Å². The van der Waals surface area contributed by atoms with Crippen molar-refractivity contribution < 1.29 is 23.3 Å². The molecule has 0 heterocycles. The Kier molecular flexibility index (Phi) is 36.9. The van der Waals surface area contributed by atoms with Gasteiger partial charge in [-0.15, -0.1) is 37.7 Å². The van der Waals surface area contributed by atoms with E-state index in [1.807, 2.05) is 6.88 Å². The van der Waals surface area contributed by atoms with Gasteiger partial charge in [0, 0.05) is 0 Å². The van der Waals surface area contributed by atoms with E-state index in [0.717, 1.165) is 12.8 Å². The molecule has 0 saturated carbocycles. The monoisotopic (exact) mass is 492 g/mol. The van der Waals surface area contributed by atoms with E-state index in [1.165, 1.54) is 49.7 Å². The van der Waals surface area contributed by atoms with E-state index in [0.29, 0.717) is 0 Å². The first kappa shape index (κ1) is 37.4. The molecule has 2 aliphatic rings. The molecule has 0 saturated heterocycles. The van der Waals surface area contributed by atoms with Crippen LogP contribution in [0.2, 0.25) is 0 Å². The van der Waals surface area contributed by atoms with Crippen molar-refractivity contribution in [1.29, 1.82) is 0 Å². The molecule has 0 nitrogen and oxygen atoms in total. The molecule has 0 aliphatic heterocycles. The first-order valence-electron chi connectivity index (χ1n) is 8.67. The van der Waals surface area contributed by atoms with Crippen LogP contribution >= 0.6 is 24.8 Å². The van der Waals surface area contributed by atoms with Gasteiger partial charge in [-0.1, -0.05) is 66.2 Å². The van der Waals surface area contributed by atoms with E-state index in [9.17, 15) is 0 Å². The molecule has 0 aromatic heterocycles. The first-order valence-corrected chi connectivity index (χ1v) is 14.6. The molecule has 0 spiro atoms. The van der Waals surface area contributed by atoms with Crippen LogP contribution in [0.15, 0.2) is 34.4 Å². The Morgan fingerprint density at radius 3 is 1.27 bits per heavy atom. The van der Waals surface area contributed by atoms with Crippen LogP contribution in [0.3, 0.4) is 0 Å². The summed E-state index contributed by atoms with van der Waals surface area (Å²) in [6.45, 7) is 10.8. The van der Waals surface area contributed by atoms with Gasteiger partial charge >= 0.3 is 30.2 Å². The van der Waals surface area contributed by atoms with Crippen LogP contribution in [0.4, 0.5) is 0 Å². The zero-order valence-electron chi connectivity index (χ0n) is 17.8. The maximum atomic E-state index is 3.38. The quantitative estimate of drug-likeness (QED) is 0.268. The van der Waals surface area contributed by atoms with Crippen molar-refractivity contribution in [1.82, 2.24) is 0 Å². The number of halogens is 2. The molecule has 2 rings (SSSR count). The van der Waals surface area contributed by atoms with Crippen LogP contribution in [0.1, 0.15) is 79.1 Å². The molecule has 0 aromatic rings. The van der Waals surface area contributed by atoms with E-state index >= 15 is 0 Å². The molecule has 2 aliphatic carbocycles. The zero-order chi connectivity index (χ0) is 16.8. The van der Waals surface area contributed by atoms with Crippen LogP contribution in [0.25, 0.3) is 0 Å². The fourth-order valence-electron chi connectivity index (χ4n) is 2.46. The Bertz CT molecular complexity index is 397. The van der Waals surface area contributed by atoms with Gasteiger partial charge in [-0.3, -0.25) is 12.2 Å². The van der Waals surface area contributed by atoms with E-state index in [2.05, 4.69) is 52.0 Å². The molecule has 154 valence electrons. The Morgan fingerprint density at radius 2 is 1.08 bits per heavy atom. The zero-order valence-corrected chi connectivity index (χ0v) is 23.3. The van der Waals surface area contributed by atoms with Crippen LogP contribution in [-0.2, 0) is 23.3 Å². The third-order valence-electron chi connectivity index (χ3n) is 3.79. The molecule has 0 amide bonds. The van der Waals surface area contributed by atoms with Crippen molar-refractivity contribution in [3.05, 3.63) is 61.4 Å². The van der Waals surface area contributed by atoms with Crippen LogP contribution in [-0.4, -0.2) is 6.88 Å². The molecule has 0 aromatic carbocycles. The standard InChI is InChI=1S/2C10H15.2CH3.2ClH.H2Si.Zr/c2*1-3-5-10-7-6-9(4-2)8-10;;;;;;/h2*8H,3-6H2,1-2H3;2*1H3;2*1H;1H2;/q4*-1;;;;. The molecule has 4 heteroatoms. The second-order valence-electron chi connectivity index (χ2n) is 5.57. The number of hydrogen-bond acceptors (Lipinski definition) is 0.